The van der Waals surface area contributed by atoms with Crippen LogP contribution in [-0.4, -0.2) is 30.6 Å². The van der Waals surface area contributed by atoms with Crippen LogP contribution in [0.5, 0.6) is 0 Å². The number of piperidine rings is 1. The van der Waals surface area contributed by atoms with E-state index in [4.69, 9.17) is 0 Å². The minimum atomic E-state index is 0.586. The van der Waals surface area contributed by atoms with Crippen LogP contribution >= 0.6 is 0 Å². The lowest BCUT2D eigenvalue weighted by atomic mass is 9.94. The van der Waals surface area contributed by atoms with E-state index in [1.54, 1.807) is 0 Å². The molecule has 2 atom stereocenters. The number of hydrogen-bond donors (Lipinski definition) is 1. The van der Waals surface area contributed by atoms with Gasteiger partial charge in [0.25, 0.3) is 0 Å². The normalized spacial score (nSPS) is 26.5. The molecule has 0 aromatic heterocycles. The third-order valence-corrected chi connectivity index (χ3v) is 4.68. The second-order valence-electron chi connectivity index (χ2n) is 6.15. The highest BCUT2D eigenvalue weighted by Crippen LogP contribution is 2.31. The van der Waals surface area contributed by atoms with E-state index in [2.05, 4.69) is 41.4 Å². The number of aryl methyl sites for hydroxylation is 1. The zero-order valence-electron chi connectivity index (χ0n) is 12.1. The van der Waals surface area contributed by atoms with Crippen LogP contribution in [0.25, 0.3) is 0 Å². The Bertz CT molecular complexity index is 386. The molecule has 2 aliphatic heterocycles. The summed E-state index contributed by atoms with van der Waals surface area (Å²) in [5, 5.41) is 3.73. The molecule has 0 aliphatic carbocycles. The molecular formula is C17H26N2. The topological polar surface area (TPSA) is 15.3 Å². The molecule has 2 nitrogen and oxygen atoms in total. The first-order valence-electron chi connectivity index (χ1n) is 7.88. The van der Waals surface area contributed by atoms with E-state index in [9.17, 15) is 0 Å². The number of rotatable bonds is 3. The second-order valence-corrected chi connectivity index (χ2v) is 6.15. The summed E-state index contributed by atoms with van der Waals surface area (Å²) >= 11 is 0. The maximum absolute atomic E-state index is 3.73. The van der Waals surface area contributed by atoms with Crippen molar-refractivity contribution in [2.75, 3.05) is 19.6 Å². The predicted octanol–water partition coefficient (Wildman–Crippen LogP) is 3.27. The van der Waals surface area contributed by atoms with Crippen LogP contribution in [0.3, 0.4) is 0 Å². The minimum absolute atomic E-state index is 0.586. The summed E-state index contributed by atoms with van der Waals surface area (Å²) in [4.78, 5) is 2.72. The molecular weight excluding hydrogens is 232 g/mol. The summed E-state index contributed by atoms with van der Waals surface area (Å²) in [6.45, 7) is 5.92. The average Bonchev–Trinajstić information content (AvgIpc) is 2.96. The number of likely N-dealkylation sites (tertiary alicyclic amines) is 1. The molecule has 0 saturated carbocycles. The molecule has 2 heterocycles. The first-order valence-corrected chi connectivity index (χ1v) is 7.88. The molecule has 104 valence electrons. The molecule has 19 heavy (non-hydrogen) atoms. The SMILES string of the molecule is Cc1ccc(C(C2CCCN2)N2CCCCC2)cc1. The summed E-state index contributed by atoms with van der Waals surface area (Å²) in [6, 6.07) is 10.5. The molecule has 0 radical (unpaired) electrons. The van der Waals surface area contributed by atoms with Crippen molar-refractivity contribution >= 4 is 0 Å². The number of nitrogens with one attached hydrogen (secondary N) is 1. The van der Waals surface area contributed by atoms with Crippen molar-refractivity contribution in [1.82, 2.24) is 10.2 Å². The van der Waals surface area contributed by atoms with E-state index >= 15 is 0 Å². The summed E-state index contributed by atoms with van der Waals surface area (Å²) in [6.07, 6.45) is 6.81. The van der Waals surface area contributed by atoms with E-state index in [1.807, 2.05) is 0 Å². The lowest BCUT2D eigenvalue weighted by Crippen LogP contribution is -2.43. The Kier molecular flexibility index (Phi) is 4.19. The van der Waals surface area contributed by atoms with Crippen molar-refractivity contribution in [3.63, 3.8) is 0 Å². The third kappa shape index (κ3) is 3.01. The van der Waals surface area contributed by atoms with Crippen molar-refractivity contribution in [2.24, 2.45) is 0 Å². The van der Waals surface area contributed by atoms with E-state index in [1.165, 1.54) is 62.9 Å². The molecule has 2 heteroatoms. The highest BCUT2D eigenvalue weighted by atomic mass is 15.2. The summed E-state index contributed by atoms with van der Waals surface area (Å²) in [5.41, 5.74) is 2.87. The van der Waals surface area contributed by atoms with Gasteiger partial charge in [-0.15, -0.1) is 0 Å². The van der Waals surface area contributed by atoms with Gasteiger partial charge in [-0.25, -0.2) is 0 Å². The van der Waals surface area contributed by atoms with Crippen molar-refractivity contribution in [1.29, 1.82) is 0 Å². The molecule has 3 rings (SSSR count). The van der Waals surface area contributed by atoms with E-state index in [-0.39, 0.29) is 0 Å². The number of nitrogens with zero attached hydrogens (tertiary/aromatic N) is 1. The molecule has 0 spiro atoms. The second kappa shape index (κ2) is 6.06. The van der Waals surface area contributed by atoms with Gasteiger partial charge in [0, 0.05) is 6.04 Å². The molecule has 1 aromatic carbocycles. The van der Waals surface area contributed by atoms with E-state index < -0.39 is 0 Å². The van der Waals surface area contributed by atoms with Crippen LogP contribution in [-0.2, 0) is 0 Å². The Morgan fingerprint density at radius 1 is 1.05 bits per heavy atom. The highest BCUT2D eigenvalue weighted by molar-refractivity contribution is 5.26. The Morgan fingerprint density at radius 3 is 2.42 bits per heavy atom. The van der Waals surface area contributed by atoms with Gasteiger partial charge in [-0.1, -0.05) is 36.2 Å². The largest absolute Gasteiger partial charge is 0.312 e. The smallest absolute Gasteiger partial charge is 0.0501 e. The predicted molar refractivity (Wildman–Crippen MR) is 80.4 cm³/mol. The fourth-order valence-corrected chi connectivity index (χ4v) is 3.64. The summed E-state index contributed by atoms with van der Waals surface area (Å²) < 4.78 is 0. The lowest BCUT2D eigenvalue weighted by molar-refractivity contribution is 0.136. The van der Waals surface area contributed by atoms with Crippen LogP contribution in [0.2, 0.25) is 0 Å². The van der Waals surface area contributed by atoms with Gasteiger partial charge in [0.1, 0.15) is 0 Å². The molecule has 2 fully saturated rings. The fraction of sp³-hybridized carbons (Fsp3) is 0.647. The first kappa shape index (κ1) is 13.1. The molecule has 2 unspecified atom stereocenters. The standard InChI is InChI=1S/C17H26N2/c1-14-7-9-15(10-8-14)17(16-6-5-11-18-16)19-12-3-2-4-13-19/h7-10,16-18H,2-6,11-13H2,1H3. The van der Waals surface area contributed by atoms with Gasteiger partial charge in [0.05, 0.1) is 6.04 Å². The van der Waals surface area contributed by atoms with Gasteiger partial charge in [-0.05, 0) is 57.8 Å². The zero-order chi connectivity index (χ0) is 13.1. The molecule has 2 aliphatic rings. The Labute approximate surface area is 117 Å². The molecule has 1 N–H and O–H groups in total. The van der Waals surface area contributed by atoms with Gasteiger partial charge < -0.3 is 5.32 Å². The van der Waals surface area contributed by atoms with Crippen molar-refractivity contribution in [3.05, 3.63) is 35.4 Å². The maximum Gasteiger partial charge on any atom is 0.0501 e. The third-order valence-electron chi connectivity index (χ3n) is 4.68. The average molecular weight is 258 g/mol. The molecule has 2 saturated heterocycles. The van der Waals surface area contributed by atoms with E-state index in [0.717, 1.165) is 0 Å². The van der Waals surface area contributed by atoms with Crippen molar-refractivity contribution < 1.29 is 0 Å². The fourth-order valence-electron chi connectivity index (χ4n) is 3.64. The van der Waals surface area contributed by atoms with Gasteiger partial charge in [-0.3, -0.25) is 4.90 Å². The minimum Gasteiger partial charge on any atom is -0.312 e. The van der Waals surface area contributed by atoms with Crippen LogP contribution in [0.4, 0.5) is 0 Å². The molecule has 0 bridgehead atoms. The van der Waals surface area contributed by atoms with Crippen LogP contribution in [0, 0.1) is 6.92 Å². The zero-order valence-corrected chi connectivity index (χ0v) is 12.1. The summed E-state index contributed by atoms with van der Waals surface area (Å²) in [5.74, 6) is 0. The first-order chi connectivity index (χ1) is 9.34. The highest BCUT2D eigenvalue weighted by Gasteiger charge is 2.31. The van der Waals surface area contributed by atoms with Gasteiger partial charge >= 0.3 is 0 Å². The number of benzene rings is 1. The van der Waals surface area contributed by atoms with Gasteiger partial charge in [0.15, 0.2) is 0 Å². The van der Waals surface area contributed by atoms with E-state index in [0.29, 0.717) is 12.1 Å². The van der Waals surface area contributed by atoms with Crippen molar-refractivity contribution in [3.8, 4) is 0 Å². The lowest BCUT2D eigenvalue weighted by Gasteiger charge is -2.38. The van der Waals surface area contributed by atoms with Crippen LogP contribution in [0.1, 0.15) is 49.3 Å². The van der Waals surface area contributed by atoms with Crippen LogP contribution < -0.4 is 5.32 Å². The maximum atomic E-state index is 3.73. The van der Waals surface area contributed by atoms with Crippen molar-refractivity contribution in [2.45, 2.75) is 51.1 Å². The Balaban J connectivity index is 1.83. The monoisotopic (exact) mass is 258 g/mol. The van der Waals surface area contributed by atoms with Gasteiger partial charge in [-0.2, -0.15) is 0 Å². The quantitative estimate of drug-likeness (QED) is 0.895. The number of hydrogen-bond acceptors (Lipinski definition) is 2. The molecule has 1 aromatic rings. The Hall–Kier alpha value is -0.860. The summed E-state index contributed by atoms with van der Waals surface area (Å²) in [7, 11) is 0. The Morgan fingerprint density at radius 2 is 1.79 bits per heavy atom. The van der Waals surface area contributed by atoms with Crippen LogP contribution in [0.15, 0.2) is 24.3 Å². The van der Waals surface area contributed by atoms with Gasteiger partial charge in [0.2, 0.25) is 0 Å². The molecule has 0 amide bonds.